The topological polar surface area (TPSA) is 78.4 Å². The molecule has 0 amide bonds. The largest absolute Gasteiger partial charge is 0.497 e. The van der Waals surface area contributed by atoms with Crippen molar-refractivity contribution in [2.45, 2.75) is 31.9 Å². The van der Waals surface area contributed by atoms with Gasteiger partial charge >= 0.3 is 5.97 Å². The number of esters is 1. The van der Waals surface area contributed by atoms with Crippen molar-refractivity contribution >= 4 is 45.1 Å². The van der Waals surface area contributed by atoms with Gasteiger partial charge in [-0.3, -0.25) is 9.59 Å². The zero-order chi connectivity index (χ0) is 20.3. The van der Waals surface area contributed by atoms with E-state index in [0.29, 0.717) is 11.3 Å². The molecule has 0 bridgehead atoms. The van der Waals surface area contributed by atoms with Crippen molar-refractivity contribution in [3.8, 4) is 5.75 Å². The van der Waals surface area contributed by atoms with Crippen molar-refractivity contribution in [2.24, 2.45) is 0 Å². The number of nitrogens with zero attached hydrogens (tertiary/aromatic N) is 2. The minimum atomic E-state index is -0.864. The molecular formula is C20H20N2O4S2. The van der Waals surface area contributed by atoms with E-state index in [2.05, 4.69) is 9.97 Å². The summed E-state index contributed by atoms with van der Waals surface area (Å²) in [6, 6.07) is 6.70. The number of ketones is 1. The SMILES string of the molecule is COc1ccc(C(=O)[C@H](C)OC(=O)CSc2ncnc3sc(C)c(C)c23)cc1. The van der Waals surface area contributed by atoms with E-state index in [1.165, 1.54) is 23.0 Å². The lowest BCUT2D eigenvalue weighted by Crippen LogP contribution is -2.25. The monoisotopic (exact) mass is 416 g/mol. The van der Waals surface area contributed by atoms with Crippen molar-refractivity contribution in [1.29, 1.82) is 0 Å². The number of aromatic nitrogens is 2. The fourth-order valence-electron chi connectivity index (χ4n) is 2.66. The summed E-state index contributed by atoms with van der Waals surface area (Å²) in [7, 11) is 1.56. The number of rotatable bonds is 7. The Morgan fingerprint density at radius 3 is 2.57 bits per heavy atom. The van der Waals surface area contributed by atoms with Crippen molar-refractivity contribution in [1.82, 2.24) is 9.97 Å². The number of aryl methyl sites for hydroxylation is 2. The third kappa shape index (κ3) is 4.34. The van der Waals surface area contributed by atoms with Gasteiger partial charge in [0.1, 0.15) is 21.9 Å². The molecule has 0 saturated carbocycles. The first-order chi connectivity index (χ1) is 13.4. The first kappa shape index (κ1) is 20.3. The number of benzene rings is 1. The van der Waals surface area contributed by atoms with E-state index in [0.717, 1.165) is 20.8 Å². The fourth-order valence-corrected chi connectivity index (χ4v) is 4.56. The van der Waals surface area contributed by atoms with Gasteiger partial charge in [-0.2, -0.15) is 0 Å². The molecule has 28 heavy (non-hydrogen) atoms. The highest BCUT2D eigenvalue weighted by atomic mass is 32.2. The Bertz CT molecular complexity index is 1010. The maximum Gasteiger partial charge on any atom is 0.317 e. The summed E-state index contributed by atoms with van der Waals surface area (Å²) in [5.41, 5.74) is 1.59. The van der Waals surface area contributed by atoms with Crippen LogP contribution in [0.5, 0.6) is 5.75 Å². The molecule has 2 aromatic heterocycles. The highest BCUT2D eigenvalue weighted by Crippen LogP contribution is 2.34. The van der Waals surface area contributed by atoms with Crippen LogP contribution in [0.1, 0.15) is 27.7 Å². The quantitative estimate of drug-likeness (QED) is 0.247. The number of hydrogen-bond donors (Lipinski definition) is 0. The third-order valence-corrected chi connectivity index (χ3v) is 6.39. The van der Waals surface area contributed by atoms with Crippen LogP contribution in [0.15, 0.2) is 35.6 Å². The first-order valence-electron chi connectivity index (χ1n) is 8.62. The number of Topliss-reactive ketones (excluding diaryl/α,β-unsaturated/α-hetero) is 1. The number of thioether (sulfide) groups is 1. The van der Waals surface area contributed by atoms with Gasteiger partial charge in [-0.1, -0.05) is 11.8 Å². The lowest BCUT2D eigenvalue weighted by atomic mass is 10.1. The Labute approximate surface area is 171 Å². The van der Waals surface area contributed by atoms with Crippen LogP contribution >= 0.6 is 23.1 Å². The highest BCUT2D eigenvalue weighted by Gasteiger charge is 2.20. The minimum absolute atomic E-state index is 0.0701. The molecule has 0 aliphatic rings. The van der Waals surface area contributed by atoms with Crippen LogP contribution in [0.25, 0.3) is 10.2 Å². The molecular weight excluding hydrogens is 396 g/mol. The summed E-state index contributed by atoms with van der Waals surface area (Å²) >= 11 is 2.90. The Morgan fingerprint density at radius 1 is 1.18 bits per heavy atom. The van der Waals surface area contributed by atoms with E-state index < -0.39 is 12.1 Å². The van der Waals surface area contributed by atoms with Crippen LogP contribution in [-0.2, 0) is 9.53 Å². The van der Waals surface area contributed by atoms with E-state index >= 15 is 0 Å². The second-order valence-corrected chi connectivity index (χ2v) is 8.32. The molecule has 0 aliphatic heterocycles. The molecule has 0 fully saturated rings. The molecule has 2 heterocycles. The van der Waals surface area contributed by atoms with Crippen molar-refractivity contribution in [2.75, 3.05) is 12.9 Å². The number of carbonyl (C=O) groups excluding carboxylic acids is 2. The van der Waals surface area contributed by atoms with Crippen LogP contribution < -0.4 is 4.74 Å². The number of carbonyl (C=O) groups is 2. The summed E-state index contributed by atoms with van der Waals surface area (Å²) in [6.07, 6.45) is 0.637. The normalized spacial score (nSPS) is 12.0. The van der Waals surface area contributed by atoms with Crippen LogP contribution in [0.2, 0.25) is 0 Å². The highest BCUT2D eigenvalue weighted by molar-refractivity contribution is 8.00. The minimum Gasteiger partial charge on any atom is -0.497 e. The maximum atomic E-state index is 12.4. The van der Waals surface area contributed by atoms with Gasteiger partial charge in [0.05, 0.1) is 12.9 Å². The first-order valence-corrected chi connectivity index (χ1v) is 10.4. The summed E-state index contributed by atoms with van der Waals surface area (Å²) in [6.45, 7) is 5.64. The molecule has 3 rings (SSSR count). The average molecular weight is 417 g/mol. The van der Waals surface area contributed by atoms with E-state index in [9.17, 15) is 9.59 Å². The zero-order valence-electron chi connectivity index (χ0n) is 16.0. The lowest BCUT2D eigenvalue weighted by Gasteiger charge is -2.12. The van der Waals surface area contributed by atoms with Gasteiger partial charge in [-0.25, -0.2) is 9.97 Å². The molecule has 0 saturated heterocycles. The van der Waals surface area contributed by atoms with Crippen LogP contribution in [0.3, 0.4) is 0 Å². The molecule has 8 heteroatoms. The van der Waals surface area contributed by atoms with Gasteiger partial charge in [-0.15, -0.1) is 11.3 Å². The van der Waals surface area contributed by atoms with Crippen LogP contribution in [0.4, 0.5) is 0 Å². The van der Waals surface area contributed by atoms with Gasteiger partial charge in [0.25, 0.3) is 0 Å². The van der Waals surface area contributed by atoms with Crippen LogP contribution in [-0.4, -0.2) is 40.7 Å². The molecule has 1 atom stereocenters. The number of methoxy groups -OCH3 is 1. The summed E-state index contributed by atoms with van der Waals surface area (Å²) in [4.78, 5) is 35.3. The smallest absolute Gasteiger partial charge is 0.317 e. The van der Waals surface area contributed by atoms with Gasteiger partial charge < -0.3 is 9.47 Å². The lowest BCUT2D eigenvalue weighted by molar-refractivity contribution is -0.143. The van der Waals surface area contributed by atoms with E-state index in [4.69, 9.17) is 9.47 Å². The van der Waals surface area contributed by atoms with E-state index in [1.807, 2.05) is 13.8 Å². The summed E-state index contributed by atoms with van der Waals surface area (Å²) < 4.78 is 10.4. The molecule has 0 aliphatic carbocycles. The molecule has 0 spiro atoms. The fraction of sp³-hybridized carbons (Fsp3) is 0.300. The van der Waals surface area contributed by atoms with Gasteiger partial charge in [0.2, 0.25) is 5.78 Å². The van der Waals surface area contributed by atoms with Gasteiger partial charge in [-0.05, 0) is 50.6 Å². The average Bonchev–Trinajstić information content (AvgIpc) is 3.00. The van der Waals surface area contributed by atoms with Gasteiger partial charge in [0, 0.05) is 15.8 Å². The Hall–Kier alpha value is -2.45. The maximum absolute atomic E-state index is 12.4. The number of hydrogen-bond acceptors (Lipinski definition) is 8. The molecule has 146 valence electrons. The summed E-state index contributed by atoms with van der Waals surface area (Å²) in [5, 5.41) is 1.73. The molecule has 0 N–H and O–H groups in total. The number of ether oxygens (including phenoxy) is 2. The third-order valence-electron chi connectivity index (χ3n) is 4.31. The van der Waals surface area contributed by atoms with Crippen molar-refractivity contribution in [3.05, 3.63) is 46.6 Å². The molecule has 1 aromatic carbocycles. The summed E-state index contributed by atoms with van der Waals surface area (Å²) in [5.74, 6) is 0.0129. The molecule has 3 aromatic rings. The zero-order valence-corrected chi connectivity index (χ0v) is 17.6. The standard InChI is InChI=1S/C20H20N2O4S2/c1-11-13(3)28-20-17(11)19(21-10-22-20)27-9-16(23)26-12(2)18(24)14-5-7-15(25-4)8-6-14/h5-8,10,12H,9H2,1-4H3/t12-/m0/s1. The number of fused-ring (bicyclic) bond motifs is 1. The number of thiophene rings is 1. The Balaban J connectivity index is 1.62. The molecule has 0 unspecified atom stereocenters. The molecule has 6 nitrogen and oxygen atoms in total. The second-order valence-electron chi connectivity index (χ2n) is 6.16. The van der Waals surface area contributed by atoms with Crippen molar-refractivity contribution < 1.29 is 19.1 Å². The second kappa shape index (κ2) is 8.70. The molecule has 0 radical (unpaired) electrons. The predicted molar refractivity (Wildman–Crippen MR) is 110 cm³/mol. The Morgan fingerprint density at radius 2 is 1.89 bits per heavy atom. The predicted octanol–water partition coefficient (Wildman–Crippen LogP) is 4.22. The van der Waals surface area contributed by atoms with E-state index in [-0.39, 0.29) is 11.5 Å². The Kier molecular flexibility index (Phi) is 6.31. The van der Waals surface area contributed by atoms with Crippen LogP contribution in [0, 0.1) is 13.8 Å². The van der Waals surface area contributed by atoms with Gasteiger partial charge in [0.15, 0.2) is 6.10 Å². The van der Waals surface area contributed by atoms with Crippen molar-refractivity contribution in [3.63, 3.8) is 0 Å². The van der Waals surface area contributed by atoms with E-state index in [1.54, 1.807) is 49.6 Å².